The minimum absolute atomic E-state index is 0.231. The first-order chi connectivity index (χ1) is 12.6. The third kappa shape index (κ3) is 3.14. The lowest BCUT2D eigenvalue weighted by atomic mass is 9.79. The number of nitriles is 1. The number of rotatable bonds is 4. The Morgan fingerprint density at radius 2 is 2.19 bits per heavy atom. The normalized spacial score (nSPS) is 25.3. The number of hydrogen-bond acceptors (Lipinski definition) is 6. The van der Waals surface area contributed by atoms with Crippen molar-refractivity contribution >= 4 is 22.9 Å². The highest BCUT2D eigenvalue weighted by Crippen LogP contribution is 2.48. The van der Waals surface area contributed by atoms with Gasteiger partial charge in [0.2, 0.25) is 6.19 Å². The molecule has 0 aliphatic carbocycles. The minimum atomic E-state index is -0.615. The summed E-state index contributed by atoms with van der Waals surface area (Å²) in [5.41, 5.74) is 0.347. The summed E-state index contributed by atoms with van der Waals surface area (Å²) in [4.78, 5) is 18.0. The predicted molar refractivity (Wildman–Crippen MR) is 101 cm³/mol. The lowest BCUT2D eigenvalue weighted by Gasteiger charge is -2.49. The molecule has 0 saturated carbocycles. The van der Waals surface area contributed by atoms with Crippen molar-refractivity contribution in [3.05, 3.63) is 29.8 Å². The van der Waals surface area contributed by atoms with Crippen molar-refractivity contribution in [2.24, 2.45) is 4.99 Å². The number of hydrogen-bond donors (Lipinski definition) is 0. The van der Waals surface area contributed by atoms with Gasteiger partial charge in [0, 0.05) is 24.8 Å². The van der Waals surface area contributed by atoms with Gasteiger partial charge < -0.3 is 14.4 Å². The number of fused-ring (bicyclic) bond motifs is 1. The van der Waals surface area contributed by atoms with Gasteiger partial charge >= 0.3 is 5.97 Å². The molecule has 0 amide bonds. The summed E-state index contributed by atoms with van der Waals surface area (Å²) in [7, 11) is 0. The maximum Gasteiger partial charge on any atom is 0.303 e. The summed E-state index contributed by atoms with van der Waals surface area (Å²) in [6.45, 7) is 6.27. The summed E-state index contributed by atoms with van der Waals surface area (Å²) in [5, 5.41) is 9.73. The number of para-hydroxylation sites is 1. The number of amidine groups is 1. The topological polar surface area (TPSA) is 74.9 Å². The van der Waals surface area contributed by atoms with Crippen LogP contribution < -0.4 is 4.74 Å². The molecule has 2 heterocycles. The molecule has 0 radical (unpaired) electrons. The van der Waals surface area contributed by atoms with E-state index < -0.39 is 11.7 Å². The van der Waals surface area contributed by atoms with Gasteiger partial charge in [0.15, 0.2) is 11.3 Å². The molecule has 3 rings (SSSR count). The van der Waals surface area contributed by atoms with Crippen LogP contribution in [0.25, 0.3) is 0 Å². The first-order valence-corrected chi connectivity index (χ1v) is 9.86. The molecular weight excluding hydrogens is 350 g/mol. The Hall–Kier alpha value is -2.20. The first-order valence-electron chi connectivity index (χ1n) is 8.87. The van der Waals surface area contributed by atoms with E-state index in [0.717, 1.165) is 23.6 Å². The monoisotopic (exact) mass is 373 g/mol. The van der Waals surface area contributed by atoms with Gasteiger partial charge in [-0.3, -0.25) is 4.79 Å². The molecule has 2 unspecified atom stereocenters. The predicted octanol–water partition coefficient (Wildman–Crippen LogP) is 3.50. The number of thioether (sulfide) groups is 1. The SMILES string of the molecule is CCC1(CC)Oc2ccccc2C(N2CCSC2=NC#N)C1OC(C)=O. The molecule has 0 spiro atoms. The van der Waals surface area contributed by atoms with Crippen LogP contribution in [0, 0.1) is 11.5 Å². The lowest BCUT2D eigenvalue weighted by molar-refractivity contribution is -0.172. The van der Waals surface area contributed by atoms with Gasteiger partial charge in [-0.05, 0) is 18.9 Å². The zero-order valence-corrected chi connectivity index (χ0v) is 16.1. The highest BCUT2D eigenvalue weighted by molar-refractivity contribution is 8.14. The number of carbonyl (C=O) groups excluding carboxylic acids is 1. The maximum atomic E-state index is 11.9. The quantitative estimate of drug-likeness (QED) is 0.594. The molecule has 0 aromatic heterocycles. The second-order valence-electron chi connectivity index (χ2n) is 6.42. The van der Waals surface area contributed by atoms with E-state index in [9.17, 15) is 4.79 Å². The van der Waals surface area contributed by atoms with E-state index in [1.165, 1.54) is 6.92 Å². The van der Waals surface area contributed by atoms with E-state index in [0.29, 0.717) is 18.0 Å². The van der Waals surface area contributed by atoms with E-state index in [1.54, 1.807) is 11.8 Å². The number of aliphatic imine (C=N–C) groups is 1. The van der Waals surface area contributed by atoms with Gasteiger partial charge in [-0.25, -0.2) is 0 Å². The van der Waals surface area contributed by atoms with Gasteiger partial charge in [0.25, 0.3) is 0 Å². The standard InChI is InChI=1S/C19H23N3O3S/c1-4-19(5-2)17(24-13(3)23)16(14-8-6-7-9-15(14)25-19)22-10-11-26-18(22)21-12-20/h6-9,16-17H,4-5,10-11H2,1-3H3. The third-order valence-electron chi connectivity index (χ3n) is 5.14. The molecule has 1 aromatic rings. The fourth-order valence-electron chi connectivity index (χ4n) is 3.84. The average molecular weight is 373 g/mol. The van der Waals surface area contributed by atoms with Crippen LogP contribution in [0.2, 0.25) is 0 Å². The van der Waals surface area contributed by atoms with E-state index in [2.05, 4.69) is 9.89 Å². The molecule has 2 aliphatic heterocycles. The molecule has 138 valence electrons. The van der Waals surface area contributed by atoms with E-state index in [-0.39, 0.29) is 12.0 Å². The summed E-state index contributed by atoms with van der Waals surface area (Å²) in [6.07, 6.45) is 2.83. The summed E-state index contributed by atoms with van der Waals surface area (Å²) < 4.78 is 12.2. The Labute approximate surface area is 158 Å². The fourth-order valence-corrected chi connectivity index (χ4v) is 4.78. The first kappa shape index (κ1) is 18.6. The van der Waals surface area contributed by atoms with Gasteiger partial charge in [-0.1, -0.05) is 43.8 Å². The molecule has 7 heteroatoms. The Morgan fingerprint density at radius 3 is 2.85 bits per heavy atom. The Kier molecular flexibility index (Phi) is 5.42. The van der Waals surface area contributed by atoms with Crippen molar-refractivity contribution in [3.63, 3.8) is 0 Å². The third-order valence-corrected chi connectivity index (χ3v) is 6.11. The Bertz CT molecular complexity index is 755. The van der Waals surface area contributed by atoms with Gasteiger partial charge in [0.1, 0.15) is 17.4 Å². The van der Waals surface area contributed by atoms with Crippen molar-refractivity contribution in [1.82, 2.24) is 4.90 Å². The van der Waals surface area contributed by atoms with Crippen molar-refractivity contribution in [3.8, 4) is 11.9 Å². The highest BCUT2D eigenvalue weighted by atomic mass is 32.2. The molecule has 6 nitrogen and oxygen atoms in total. The molecule has 0 bridgehead atoms. The van der Waals surface area contributed by atoms with Crippen LogP contribution >= 0.6 is 11.8 Å². The number of esters is 1. The van der Waals surface area contributed by atoms with Crippen molar-refractivity contribution in [2.75, 3.05) is 12.3 Å². The zero-order chi connectivity index (χ0) is 18.7. The lowest BCUT2D eigenvalue weighted by Crippen LogP contribution is -2.58. The van der Waals surface area contributed by atoms with Crippen LogP contribution in [-0.2, 0) is 9.53 Å². The van der Waals surface area contributed by atoms with Gasteiger partial charge in [0.05, 0.1) is 0 Å². The van der Waals surface area contributed by atoms with E-state index >= 15 is 0 Å². The van der Waals surface area contributed by atoms with Crippen molar-refractivity contribution in [1.29, 1.82) is 5.26 Å². The maximum absolute atomic E-state index is 11.9. The van der Waals surface area contributed by atoms with Crippen LogP contribution in [0.1, 0.15) is 45.2 Å². The second-order valence-corrected chi connectivity index (χ2v) is 7.48. The van der Waals surface area contributed by atoms with Crippen LogP contribution in [0.15, 0.2) is 29.3 Å². The van der Waals surface area contributed by atoms with Crippen molar-refractivity contribution < 1.29 is 14.3 Å². The van der Waals surface area contributed by atoms with Crippen LogP contribution in [-0.4, -0.2) is 40.0 Å². The summed E-state index contributed by atoms with van der Waals surface area (Å²) in [6, 6.07) is 7.62. The summed E-state index contributed by atoms with van der Waals surface area (Å²) >= 11 is 1.55. The highest BCUT2D eigenvalue weighted by Gasteiger charge is 2.53. The smallest absolute Gasteiger partial charge is 0.303 e. The minimum Gasteiger partial charge on any atom is -0.483 e. The largest absolute Gasteiger partial charge is 0.483 e. The van der Waals surface area contributed by atoms with Crippen LogP contribution in [0.5, 0.6) is 5.75 Å². The van der Waals surface area contributed by atoms with Crippen LogP contribution in [0.4, 0.5) is 0 Å². The Morgan fingerprint density at radius 1 is 1.46 bits per heavy atom. The molecule has 2 atom stereocenters. The molecule has 2 aliphatic rings. The van der Waals surface area contributed by atoms with Gasteiger partial charge in [-0.15, -0.1) is 4.99 Å². The number of benzene rings is 1. The number of nitrogens with zero attached hydrogens (tertiary/aromatic N) is 3. The van der Waals surface area contributed by atoms with E-state index in [1.807, 2.05) is 44.3 Å². The molecule has 1 saturated heterocycles. The zero-order valence-electron chi connectivity index (χ0n) is 15.3. The number of ether oxygens (including phenoxy) is 2. The van der Waals surface area contributed by atoms with Crippen molar-refractivity contribution in [2.45, 2.75) is 51.4 Å². The molecular formula is C19H23N3O3S. The Balaban J connectivity index is 2.16. The molecule has 26 heavy (non-hydrogen) atoms. The summed E-state index contributed by atoms with van der Waals surface area (Å²) in [5.74, 6) is 1.32. The average Bonchev–Trinajstić information content (AvgIpc) is 3.09. The molecule has 0 N–H and O–H groups in total. The van der Waals surface area contributed by atoms with Crippen LogP contribution in [0.3, 0.4) is 0 Å². The second kappa shape index (κ2) is 7.58. The van der Waals surface area contributed by atoms with E-state index in [4.69, 9.17) is 14.7 Å². The molecule has 1 fully saturated rings. The number of carbonyl (C=O) groups is 1. The molecule has 1 aromatic carbocycles. The fraction of sp³-hybridized carbons (Fsp3) is 0.526. The van der Waals surface area contributed by atoms with Gasteiger partial charge in [-0.2, -0.15) is 5.26 Å².